The van der Waals surface area contributed by atoms with E-state index in [4.69, 9.17) is 10.5 Å². The maximum atomic E-state index is 11.9. The number of nitrogens with one attached hydrogen (secondary N) is 2. The van der Waals surface area contributed by atoms with Crippen molar-refractivity contribution >= 4 is 17.3 Å². The number of nitrogens with two attached hydrogens (primary N) is 1. The van der Waals surface area contributed by atoms with Gasteiger partial charge in [-0.1, -0.05) is 0 Å². The van der Waals surface area contributed by atoms with Crippen molar-refractivity contribution < 1.29 is 9.53 Å². The number of hydrogen-bond acceptors (Lipinski definition) is 4. The standard InChI is InChI=1S/C12H19N3O2/c1-3-14-11-5-4-9(13)8-10(11)12(16)15-6-7-17-2/h4-5,8,14H,3,6-7,13H2,1-2H3,(H,15,16). The Morgan fingerprint density at radius 3 is 2.88 bits per heavy atom. The van der Waals surface area contributed by atoms with Gasteiger partial charge in [0.2, 0.25) is 0 Å². The van der Waals surface area contributed by atoms with Gasteiger partial charge in [0.05, 0.1) is 12.2 Å². The number of hydrogen-bond donors (Lipinski definition) is 3. The molecule has 1 amide bonds. The van der Waals surface area contributed by atoms with Crippen molar-refractivity contribution in [1.82, 2.24) is 5.32 Å². The second kappa shape index (κ2) is 6.75. The first-order valence-electron chi connectivity index (χ1n) is 5.59. The van der Waals surface area contributed by atoms with Crippen molar-refractivity contribution in [1.29, 1.82) is 0 Å². The number of anilines is 2. The van der Waals surface area contributed by atoms with Crippen LogP contribution in [0.1, 0.15) is 17.3 Å². The Morgan fingerprint density at radius 2 is 2.24 bits per heavy atom. The van der Waals surface area contributed by atoms with E-state index in [2.05, 4.69) is 10.6 Å². The number of benzene rings is 1. The lowest BCUT2D eigenvalue weighted by molar-refractivity contribution is 0.0938. The molecule has 1 aromatic rings. The molecular weight excluding hydrogens is 218 g/mol. The van der Waals surface area contributed by atoms with Crippen molar-refractivity contribution in [3.05, 3.63) is 23.8 Å². The number of nitrogen functional groups attached to an aromatic ring is 1. The summed E-state index contributed by atoms with van der Waals surface area (Å²) in [5, 5.41) is 5.89. The summed E-state index contributed by atoms with van der Waals surface area (Å²) in [5.41, 5.74) is 7.60. The fourth-order valence-electron chi connectivity index (χ4n) is 1.46. The third kappa shape index (κ3) is 3.96. The highest BCUT2D eigenvalue weighted by molar-refractivity contribution is 6.00. The first-order chi connectivity index (χ1) is 8.19. The van der Waals surface area contributed by atoms with E-state index in [0.717, 1.165) is 12.2 Å². The molecule has 4 N–H and O–H groups in total. The number of amides is 1. The van der Waals surface area contributed by atoms with E-state index < -0.39 is 0 Å². The molecule has 0 aliphatic rings. The van der Waals surface area contributed by atoms with Crippen LogP contribution in [-0.4, -0.2) is 32.7 Å². The SMILES string of the molecule is CCNc1ccc(N)cc1C(=O)NCCOC. The molecule has 0 spiro atoms. The summed E-state index contributed by atoms with van der Waals surface area (Å²) in [5.74, 6) is -0.148. The van der Waals surface area contributed by atoms with Gasteiger partial charge in [0.25, 0.3) is 5.91 Å². The third-order valence-electron chi connectivity index (χ3n) is 2.25. The van der Waals surface area contributed by atoms with E-state index >= 15 is 0 Å². The average molecular weight is 237 g/mol. The molecule has 5 heteroatoms. The van der Waals surface area contributed by atoms with Crippen LogP contribution in [0.4, 0.5) is 11.4 Å². The fourth-order valence-corrected chi connectivity index (χ4v) is 1.46. The molecule has 5 nitrogen and oxygen atoms in total. The quantitative estimate of drug-likeness (QED) is 0.511. The van der Waals surface area contributed by atoms with Crippen LogP contribution < -0.4 is 16.4 Å². The molecule has 0 saturated carbocycles. The molecule has 0 atom stereocenters. The van der Waals surface area contributed by atoms with Crippen molar-refractivity contribution in [2.75, 3.05) is 37.9 Å². The monoisotopic (exact) mass is 237 g/mol. The lowest BCUT2D eigenvalue weighted by Crippen LogP contribution is -2.27. The Morgan fingerprint density at radius 1 is 1.47 bits per heavy atom. The minimum Gasteiger partial charge on any atom is -0.399 e. The molecule has 1 aromatic carbocycles. The van der Waals surface area contributed by atoms with Crippen LogP contribution in [0.25, 0.3) is 0 Å². The second-order valence-electron chi connectivity index (χ2n) is 3.58. The van der Waals surface area contributed by atoms with Gasteiger partial charge in [0, 0.05) is 31.6 Å². The maximum Gasteiger partial charge on any atom is 0.253 e. The summed E-state index contributed by atoms with van der Waals surface area (Å²) in [7, 11) is 1.59. The minimum atomic E-state index is -0.148. The van der Waals surface area contributed by atoms with Gasteiger partial charge in [0.1, 0.15) is 0 Å². The molecule has 0 heterocycles. The third-order valence-corrected chi connectivity index (χ3v) is 2.25. The van der Waals surface area contributed by atoms with E-state index in [1.807, 2.05) is 13.0 Å². The Hall–Kier alpha value is -1.75. The van der Waals surface area contributed by atoms with Crippen LogP contribution >= 0.6 is 0 Å². The molecule has 0 fully saturated rings. The zero-order chi connectivity index (χ0) is 12.7. The Labute approximate surface area is 101 Å². The first kappa shape index (κ1) is 13.3. The Kier molecular flexibility index (Phi) is 5.29. The molecular formula is C12H19N3O2. The van der Waals surface area contributed by atoms with Crippen LogP contribution in [0.5, 0.6) is 0 Å². The largest absolute Gasteiger partial charge is 0.399 e. The molecule has 0 aliphatic heterocycles. The van der Waals surface area contributed by atoms with Crippen LogP contribution in [0.3, 0.4) is 0 Å². The van der Waals surface area contributed by atoms with Crippen LogP contribution in [0.15, 0.2) is 18.2 Å². The van der Waals surface area contributed by atoms with Gasteiger partial charge in [-0.25, -0.2) is 0 Å². The normalized spacial score (nSPS) is 10.0. The highest BCUT2D eigenvalue weighted by atomic mass is 16.5. The number of carbonyl (C=O) groups is 1. The first-order valence-corrected chi connectivity index (χ1v) is 5.59. The summed E-state index contributed by atoms with van der Waals surface area (Å²) in [6, 6.07) is 5.24. The number of rotatable bonds is 6. The lowest BCUT2D eigenvalue weighted by Gasteiger charge is -2.11. The number of ether oxygens (including phenoxy) is 1. The van der Waals surface area contributed by atoms with E-state index in [0.29, 0.717) is 24.4 Å². The molecule has 0 bridgehead atoms. The average Bonchev–Trinajstić information content (AvgIpc) is 2.32. The van der Waals surface area contributed by atoms with Crippen molar-refractivity contribution in [2.45, 2.75) is 6.92 Å². The van der Waals surface area contributed by atoms with Gasteiger partial charge >= 0.3 is 0 Å². The van der Waals surface area contributed by atoms with Crippen LogP contribution in [-0.2, 0) is 4.74 Å². The number of methoxy groups -OCH3 is 1. The second-order valence-corrected chi connectivity index (χ2v) is 3.58. The zero-order valence-electron chi connectivity index (χ0n) is 10.2. The Balaban J connectivity index is 2.78. The highest BCUT2D eigenvalue weighted by Crippen LogP contribution is 2.18. The van der Waals surface area contributed by atoms with E-state index in [1.54, 1.807) is 19.2 Å². The van der Waals surface area contributed by atoms with Gasteiger partial charge in [-0.05, 0) is 25.1 Å². The summed E-state index contributed by atoms with van der Waals surface area (Å²) < 4.78 is 4.87. The van der Waals surface area contributed by atoms with Crippen LogP contribution in [0, 0.1) is 0 Å². The summed E-state index contributed by atoms with van der Waals surface area (Å²) in [4.78, 5) is 11.9. The lowest BCUT2D eigenvalue weighted by atomic mass is 10.1. The van der Waals surface area contributed by atoms with Gasteiger partial charge in [-0.3, -0.25) is 4.79 Å². The zero-order valence-corrected chi connectivity index (χ0v) is 10.2. The minimum absolute atomic E-state index is 0.148. The summed E-state index contributed by atoms with van der Waals surface area (Å²) in [6.07, 6.45) is 0. The summed E-state index contributed by atoms with van der Waals surface area (Å²) >= 11 is 0. The fraction of sp³-hybridized carbons (Fsp3) is 0.417. The highest BCUT2D eigenvalue weighted by Gasteiger charge is 2.10. The molecule has 0 unspecified atom stereocenters. The molecule has 0 aliphatic carbocycles. The predicted octanol–water partition coefficient (Wildman–Crippen LogP) is 1.08. The van der Waals surface area contributed by atoms with Gasteiger partial charge in [-0.15, -0.1) is 0 Å². The number of carbonyl (C=O) groups excluding carboxylic acids is 1. The maximum absolute atomic E-state index is 11.9. The molecule has 0 saturated heterocycles. The van der Waals surface area contributed by atoms with E-state index in [-0.39, 0.29) is 5.91 Å². The van der Waals surface area contributed by atoms with Crippen molar-refractivity contribution in [2.24, 2.45) is 0 Å². The van der Waals surface area contributed by atoms with Crippen molar-refractivity contribution in [3.63, 3.8) is 0 Å². The Bertz CT molecular complexity index is 380. The van der Waals surface area contributed by atoms with Gasteiger partial charge in [-0.2, -0.15) is 0 Å². The summed E-state index contributed by atoms with van der Waals surface area (Å²) in [6.45, 7) is 3.70. The molecule has 94 valence electrons. The van der Waals surface area contributed by atoms with Gasteiger partial charge < -0.3 is 21.1 Å². The van der Waals surface area contributed by atoms with Crippen molar-refractivity contribution in [3.8, 4) is 0 Å². The smallest absolute Gasteiger partial charge is 0.253 e. The predicted molar refractivity (Wildman–Crippen MR) is 69.2 cm³/mol. The topological polar surface area (TPSA) is 76.4 Å². The molecule has 17 heavy (non-hydrogen) atoms. The van der Waals surface area contributed by atoms with Crippen LogP contribution in [0.2, 0.25) is 0 Å². The molecule has 0 radical (unpaired) electrons. The van der Waals surface area contributed by atoms with E-state index in [1.165, 1.54) is 0 Å². The van der Waals surface area contributed by atoms with Gasteiger partial charge in [0.15, 0.2) is 0 Å². The molecule has 1 rings (SSSR count). The molecule has 0 aromatic heterocycles. The van der Waals surface area contributed by atoms with E-state index in [9.17, 15) is 4.79 Å².